The van der Waals surface area contributed by atoms with Gasteiger partial charge >= 0.3 is 6.18 Å². The van der Waals surface area contributed by atoms with E-state index in [-0.39, 0.29) is 23.0 Å². The number of hydrogen-bond donors (Lipinski definition) is 4. The van der Waals surface area contributed by atoms with E-state index in [9.17, 15) is 18.0 Å². The van der Waals surface area contributed by atoms with Crippen molar-refractivity contribution in [3.8, 4) is 5.69 Å². The molecule has 2 heterocycles. The first-order valence-corrected chi connectivity index (χ1v) is 10.8. The van der Waals surface area contributed by atoms with Crippen LogP contribution in [0.3, 0.4) is 0 Å². The van der Waals surface area contributed by atoms with Crippen molar-refractivity contribution in [3.63, 3.8) is 0 Å². The van der Waals surface area contributed by atoms with Gasteiger partial charge in [0, 0.05) is 24.1 Å². The minimum absolute atomic E-state index is 0.0650. The van der Waals surface area contributed by atoms with Gasteiger partial charge in [-0.1, -0.05) is 12.8 Å². The summed E-state index contributed by atoms with van der Waals surface area (Å²) in [5, 5.41) is 9.89. The number of carbonyl (C=O) groups excluding carboxylic acids is 1. The van der Waals surface area contributed by atoms with E-state index in [4.69, 9.17) is 11.5 Å². The number of anilines is 3. The average Bonchev–Trinajstić information content (AvgIpc) is 3.27. The Morgan fingerprint density at radius 2 is 1.94 bits per heavy atom. The van der Waals surface area contributed by atoms with Crippen molar-refractivity contribution in [2.75, 3.05) is 10.6 Å². The Kier molecular flexibility index (Phi) is 6.17. The van der Waals surface area contributed by atoms with Gasteiger partial charge in [-0.25, -0.2) is 9.67 Å². The Hall–Kier alpha value is -3.67. The number of nitrogens with two attached hydrogens (primary N) is 2. The van der Waals surface area contributed by atoms with Gasteiger partial charge in [-0.15, -0.1) is 0 Å². The van der Waals surface area contributed by atoms with Crippen LogP contribution in [0.2, 0.25) is 0 Å². The van der Waals surface area contributed by atoms with E-state index < -0.39 is 17.8 Å². The number of amides is 1. The topological polar surface area (TPSA) is 137 Å². The molecule has 0 saturated heterocycles. The molecule has 0 unspecified atom stereocenters. The first-order valence-electron chi connectivity index (χ1n) is 10.8. The summed E-state index contributed by atoms with van der Waals surface area (Å²) in [6.45, 7) is 2.02. The zero-order chi connectivity index (χ0) is 24.5. The molecule has 1 saturated carbocycles. The van der Waals surface area contributed by atoms with Crippen LogP contribution in [0.1, 0.15) is 48.7 Å². The van der Waals surface area contributed by atoms with Crippen LogP contribution in [0.5, 0.6) is 0 Å². The summed E-state index contributed by atoms with van der Waals surface area (Å²) in [7, 11) is 0. The summed E-state index contributed by atoms with van der Waals surface area (Å²) >= 11 is 0. The average molecular weight is 474 g/mol. The van der Waals surface area contributed by atoms with Crippen molar-refractivity contribution in [1.29, 1.82) is 0 Å². The number of halogens is 3. The maximum atomic E-state index is 12.8. The molecule has 1 amide bonds. The number of aromatic nitrogens is 4. The normalized spacial score (nSPS) is 20.7. The molecule has 2 aromatic heterocycles. The molecule has 0 spiro atoms. The van der Waals surface area contributed by atoms with Crippen LogP contribution in [0.25, 0.3) is 5.69 Å². The first-order chi connectivity index (χ1) is 16.0. The molecule has 3 aromatic rings. The van der Waals surface area contributed by atoms with E-state index in [1.54, 1.807) is 24.3 Å². The molecule has 0 bridgehead atoms. The number of hydrogen-bond acceptors (Lipinski definition) is 7. The van der Waals surface area contributed by atoms with Crippen LogP contribution >= 0.6 is 0 Å². The summed E-state index contributed by atoms with van der Waals surface area (Å²) in [4.78, 5) is 20.6. The zero-order valence-electron chi connectivity index (χ0n) is 18.4. The summed E-state index contributed by atoms with van der Waals surface area (Å²) in [5.41, 5.74) is 11.5. The van der Waals surface area contributed by atoms with Gasteiger partial charge in [0.25, 0.3) is 5.91 Å². The summed E-state index contributed by atoms with van der Waals surface area (Å²) in [6, 6.07) is 7.26. The number of alkyl halides is 3. The standard InChI is InChI=1S/C22H25F3N8O/c1-21(10-3-2-4-16(21)26)31-20-28-12-15(18(27)34)19(30-20)29-13-5-7-14(8-6-13)33-11-9-17(32-33)22(23,24)25/h5-9,11-12,16H,2-4,10,26H2,1H3,(H2,27,34)(H2,28,29,30,31)/t16-,21+/m0/s1. The lowest BCUT2D eigenvalue weighted by atomic mass is 9.79. The lowest BCUT2D eigenvalue weighted by Crippen LogP contribution is -2.53. The quantitative estimate of drug-likeness (QED) is 0.428. The third-order valence-electron chi connectivity index (χ3n) is 6.01. The monoisotopic (exact) mass is 474 g/mol. The van der Waals surface area contributed by atoms with Crippen molar-refractivity contribution >= 4 is 23.4 Å². The Bertz CT molecular complexity index is 1180. The Morgan fingerprint density at radius 3 is 2.56 bits per heavy atom. The Labute approximate surface area is 193 Å². The minimum atomic E-state index is -4.52. The van der Waals surface area contributed by atoms with Crippen molar-refractivity contribution < 1.29 is 18.0 Å². The molecule has 9 nitrogen and oxygen atoms in total. The maximum absolute atomic E-state index is 12.8. The molecule has 180 valence electrons. The number of carbonyl (C=O) groups is 1. The van der Waals surface area contributed by atoms with E-state index in [1.165, 1.54) is 12.4 Å². The molecule has 4 rings (SSSR count). The van der Waals surface area contributed by atoms with E-state index in [0.717, 1.165) is 36.4 Å². The maximum Gasteiger partial charge on any atom is 0.435 e. The highest BCUT2D eigenvalue weighted by atomic mass is 19.4. The van der Waals surface area contributed by atoms with Gasteiger partial charge in [0.1, 0.15) is 11.4 Å². The summed E-state index contributed by atoms with van der Waals surface area (Å²) in [5.74, 6) is -0.202. The van der Waals surface area contributed by atoms with E-state index in [0.29, 0.717) is 17.3 Å². The van der Waals surface area contributed by atoms with Crippen molar-refractivity contribution in [2.24, 2.45) is 11.5 Å². The molecule has 12 heteroatoms. The molecule has 6 N–H and O–H groups in total. The van der Waals surface area contributed by atoms with Gasteiger partial charge in [0.05, 0.1) is 11.2 Å². The fourth-order valence-corrected chi connectivity index (χ4v) is 3.94. The largest absolute Gasteiger partial charge is 0.435 e. The molecular formula is C22H25F3N8O. The highest BCUT2D eigenvalue weighted by Crippen LogP contribution is 2.31. The molecule has 34 heavy (non-hydrogen) atoms. The number of nitrogens with one attached hydrogen (secondary N) is 2. The highest BCUT2D eigenvalue weighted by Gasteiger charge is 2.35. The van der Waals surface area contributed by atoms with Crippen LogP contribution in [0.15, 0.2) is 42.7 Å². The third kappa shape index (κ3) is 4.96. The van der Waals surface area contributed by atoms with Gasteiger partial charge in [-0.2, -0.15) is 23.3 Å². The predicted molar refractivity (Wildman–Crippen MR) is 121 cm³/mol. The van der Waals surface area contributed by atoms with Gasteiger partial charge in [-0.05, 0) is 50.1 Å². The van der Waals surface area contributed by atoms with Crippen molar-refractivity contribution in [1.82, 2.24) is 19.7 Å². The minimum Gasteiger partial charge on any atom is -0.365 e. The van der Waals surface area contributed by atoms with Gasteiger partial charge in [-0.3, -0.25) is 4.79 Å². The predicted octanol–water partition coefficient (Wildman–Crippen LogP) is 3.60. The number of benzene rings is 1. The van der Waals surface area contributed by atoms with Crippen LogP contribution < -0.4 is 22.1 Å². The van der Waals surface area contributed by atoms with E-state index in [1.807, 2.05) is 6.92 Å². The number of primary amides is 1. The summed E-state index contributed by atoms with van der Waals surface area (Å²) in [6.07, 6.45) is 1.91. The molecule has 1 aliphatic rings. The highest BCUT2D eigenvalue weighted by molar-refractivity contribution is 5.98. The summed E-state index contributed by atoms with van der Waals surface area (Å²) < 4.78 is 39.5. The second-order valence-corrected chi connectivity index (χ2v) is 8.53. The van der Waals surface area contributed by atoms with E-state index in [2.05, 4.69) is 25.7 Å². The Morgan fingerprint density at radius 1 is 1.21 bits per heavy atom. The molecule has 1 aliphatic carbocycles. The van der Waals surface area contributed by atoms with Crippen LogP contribution in [0.4, 0.5) is 30.6 Å². The molecule has 2 atom stereocenters. The SMILES string of the molecule is C[C@@]1(Nc2ncc(C(N)=O)c(Nc3ccc(-n4ccc(C(F)(F)F)n4)cc3)n2)CCCC[C@@H]1N. The van der Waals surface area contributed by atoms with Crippen molar-refractivity contribution in [3.05, 3.63) is 54.0 Å². The van der Waals surface area contributed by atoms with Crippen LogP contribution in [-0.4, -0.2) is 37.2 Å². The number of nitrogens with zero attached hydrogens (tertiary/aromatic N) is 4. The van der Waals surface area contributed by atoms with E-state index >= 15 is 0 Å². The van der Waals surface area contributed by atoms with Gasteiger partial charge < -0.3 is 22.1 Å². The third-order valence-corrected chi connectivity index (χ3v) is 6.01. The van der Waals surface area contributed by atoms with Crippen LogP contribution in [-0.2, 0) is 6.18 Å². The first kappa shape index (κ1) is 23.5. The molecular weight excluding hydrogens is 449 g/mol. The van der Waals surface area contributed by atoms with Gasteiger partial charge in [0.2, 0.25) is 5.95 Å². The Balaban J connectivity index is 1.56. The smallest absolute Gasteiger partial charge is 0.365 e. The molecule has 0 aliphatic heterocycles. The lowest BCUT2D eigenvalue weighted by Gasteiger charge is -2.40. The second-order valence-electron chi connectivity index (χ2n) is 8.53. The fourth-order valence-electron chi connectivity index (χ4n) is 3.94. The fraction of sp³-hybridized carbons (Fsp3) is 0.364. The van der Waals surface area contributed by atoms with Crippen LogP contribution in [0, 0.1) is 0 Å². The molecule has 0 radical (unpaired) electrons. The molecule has 1 fully saturated rings. The zero-order valence-corrected chi connectivity index (χ0v) is 18.4. The van der Waals surface area contributed by atoms with Crippen molar-refractivity contribution in [2.45, 2.75) is 50.4 Å². The molecule has 1 aromatic carbocycles. The second kappa shape index (κ2) is 8.93. The van der Waals surface area contributed by atoms with Gasteiger partial charge in [0.15, 0.2) is 5.69 Å². The lowest BCUT2D eigenvalue weighted by molar-refractivity contribution is -0.141. The number of rotatable bonds is 6.